The first-order valence-corrected chi connectivity index (χ1v) is 5.43. The molecular formula is C13H16O2. The maximum atomic E-state index is 11.6. The zero-order chi connectivity index (χ0) is 10.7. The van der Waals surface area contributed by atoms with E-state index in [-0.39, 0.29) is 11.9 Å². The third kappa shape index (κ3) is 2.58. The van der Waals surface area contributed by atoms with Gasteiger partial charge in [0, 0.05) is 0 Å². The van der Waals surface area contributed by atoms with Crippen molar-refractivity contribution in [1.82, 2.24) is 0 Å². The van der Waals surface area contributed by atoms with E-state index in [4.69, 9.17) is 4.74 Å². The topological polar surface area (TPSA) is 26.3 Å². The number of hydrogen-bond acceptors (Lipinski definition) is 2. The number of methoxy groups -OCH3 is 1. The Morgan fingerprint density at radius 3 is 2.60 bits per heavy atom. The summed E-state index contributed by atoms with van der Waals surface area (Å²) >= 11 is 0. The van der Waals surface area contributed by atoms with Crippen LogP contribution < -0.4 is 0 Å². The fraction of sp³-hybridized carbons (Fsp3) is 0.462. The molecule has 0 bridgehead atoms. The molecule has 1 aliphatic carbocycles. The Labute approximate surface area is 90.3 Å². The number of hydrogen-bond donors (Lipinski definition) is 0. The third-order valence-electron chi connectivity index (χ3n) is 2.99. The van der Waals surface area contributed by atoms with Gasteiger partial charge in [-0.25, -0.2) is 0 Å². The smallest absolute Gasteiger partial charge is 0.309 e. The van der Waals surface area contributed by atoms with Crippen molar-refractivity contribution in [2.24, 2.45) is 11.8 Å². The molecule has 0 amide bonds. The molecule has 1 fully saturated rings. The van der Waals surface area contributed by atoms with Crippen LogP contribution in [0.4, 0.5) is 0 Å². The van der Waals surface area contributed by atoms with E-state index in [1.807, 2.05) is 18.2 Å². The summed E-state index contributed by atoms with van der Waals surface area (Å²) in [5.41, 5.74) is 1.22. The highest BCUT2D eigenvalue weighted by Crippen LogP contribution is 2.39. The Morgan fingerprint density at radius 2 is 2.07 bits per heavy atom. The molecule has 0 aromatic heterocycles. The Balaban J connectivity index is 2.04. The molecule has 2 heteroatoms. The van der Waals surface area contributed by atoms with Crippen LogP contribution in [-0.4, -0.2) is 13.1 Å². The maximum absolute atomic E-state index is 11.6. The summed E-state index contributed by atoms with van der Waals surface area (Å²) in [5, 5.41) is 0. The minimum Gasteiger partial charge on any atom is -0.469 e. The van der Waals surface area contributed by atoms with Crippen molar-refractivity contribution in [1.29, 1.82) is 0 Å². The predicted octanol–water partition coefficient (Wildman–Crippen LogP) is 2.43. The molecule has 1 unspecified atom stereocenters. The van der Waals surface area contributed by atoms with Crippen molar-refractivity contribution in [2.75, 3.05) is 7.11 Å². The average molecular weight is 204 g/mol. The Bertz CT molecular complexity index is 328. The average Bonchev–Trinajstić information content (AvgIpc) is 3.10. The van der Waals surface area contributed by atoms with E-state index in [1.165, 1.54) is 25.5 Å². The molecule has 0 aliphatic heterocycles. The molecule has 0 heterocycles. The molecule has 80 valence electrons. The molecule has 0 spiro atoms. The largest absolute Gasteiger partial charge is 0.469 e. The molecule has 15 heavy (non-hydrogen) atoms. The molecule has 1 atom stereocenters. The molecule has 2 nitrogen and oxygen atoms in total. The normalized spacial score (nSPS) is 17.1. The summed E-state index contributed by atoms with van der Waals surface area (Å²) in [6.45, 7) is 0. The van der Waals surface area contributed by atoms with Gasteiger partial charge in [0.05, 0.1) is 13.0 Å². The lowest BCUT2D eigenvalue weighted by Crippen LogP contribution is -2.20. The van der Waals surface area contributed by atoms with Crippen molar-refractivity contribution in [3.05, 3.63) is 35.9 Å². The van der Waals surface area contributed by atoms with Gasteiger partial charge in [-0.3, -0.25) is 4.79 Å². The quantitative estimate of drug-likeness (QED) is 0.704. The lowest BCUT2D eigenvalue weighted by atomic mass is 9.95. The summed E-state index contributed by atoms with van der Waals surface area (Å²) in [4.78, 5) is 11.6. The lowest BCUT2D eigenvalue weighted by molar-refractivity contribution is -0.146. The predicted molar refractivity (Wildman–Crippen MR) is 58.4 cm³/mol. The van der Waals surface area contributed by atoms with Crippen LogP contribution in [0.2, 0.25) is 0 Å². The van der Waals surface area contributed by atoms with Crippen LogP contribution in [0.25, 0.3) is 0 Å². The molecule has 1 aromatic rings. The second-order valence-electron chi connectivity index (χ2n) is 4.16. The van der Waals surface area contributed by atoms with E-state index in [1.54, 1.807) is 0 Å². The van der Waals surface area contributed by atoms with Crippen LogP contribution in [0.5, 0.6) is 0 Å². The summed E-state index contributed by atoms with van der Waals surface area (Å²) in [6, 6.07) is 10.2. The van der Waals surface area contributed by atoms with Crippen molar-refractivity contribution in [3.63, 3.8) is 0 Å². The van der Waals surface area contributed by atoms with E-state index < -0.39 is 0 Å². The van der Waals surface area contributed by atoms with Gasteiger partial charge in [-0.2, -0.15) is 0 Å². The van der Waals surface area contributed by atoms with Crippen LogP contribution in [0.15, 0.2) is 30.3 Å². The van der Waals surface area contributed by atoms with E-state index >= 15 is 0 Å². The van der Waals surface area contributed by atoms with Crippen molar-refractivity contribution in [3.8, 4) is 0 Å². The highest BCUT2D eigenvalue weighted by atomic mass is 16.5. The van der Waals surface area contributed by atoms with Gasteiger partial charge in [-0.05, 0) is 30.7 Å². The summed E-state index contributed by atoms with van der Waals surface area (Å²) in [5.74, 6) is 0.566. The fourth-order valence-electron chi connectivity index (χ4n) is 1.96. The monoisotopic (exact) mass is 204 g/mol. The Morgan fingerprint density at radius 1 is 1.40 bits per heavy atom. The molecule has 0 saturated heterocycles. The molecule has 1 aliphatic rings. The highest BCUT2D eigenvalue weighted by Gasteiger charge is 2.36. The van der Waals surface area contributed by atoms with Crippen LogP contribution >= 0.6 is 0 Å². The van der Waals surface area contributed by atoms with Gasteiger partial charge in [-0.15, -0.1) is 0 Å². The van der Waals surface area contributed by atoms with Gasteiger partial charge in [0.2, 0.25) is 0 Å². The lowest BCUT2D eigenvalue weighted by Gasteiger charge is -2.13. The highest BCUT2D eigenvalue weighted by molar-refractivity contribution is 5.73. The molecule has 0 radical (unpaired) electrons. The van der Waals surface area contributed by atoms with Gasteiger partial charge in [-0.1, -0.05) is 30.3 Å². The van der Waals surface area contributed by atoms with Crippen molar-refractivity contribution < 1.29 is 9.53 Å². The third-order valence-corrected chi connectivity index (χ3v) is 2.99. The summed E-state index contributed by atoms with van der Waals surface area (Å²) in [6.07, 6.45) is 3.16. The van der Waals surface area contributed by atoms with Crippen LogP contribution in [0.3, 0.4) is 0 Å². The van der Waals surface area contributed by atoms with Crippen LogP contribution in [0, 0.1) is 11.8 Å². The number of rotatable bonds is 4. The SMILES string of the molecule is COC(=O)C(Cc1ccccc1)C1CC1. The van der Waals surface area contributed by atoms with Gasteiger partial charge in [0.15, 0.2) is 0 Å². The molecule has 2 rings (SSSR count). The van der Waals surface area contributed by atoms with Crippen molar-refractivity contribution >= 4 is 5.97 Å². The summed E-state index contributed by atoms with van der Waals surface area (Å²) in [7, 11) is 1.47. The minimum atomic E-state index is -0.0543. The zero-order valence-electron chi connectivity index (χ0n) is 8.98. The summed E-state index contributed by atoms with van der Waals surface area (Å²) < 4.78 is 4.85. The molecular weight excluding hydrogens is 188 g/mol. The van der Waals surface area contributed by atoms with Crippen molar-refractivity contribution in [2.45, 2.75) is 19.3 Å². The van der Waals surface area contributed by atoms with Gasteiger partial charge < -0.3 is 4.74 Å². The maximum Gasteiger partial charge on any atom is 0.309 e. The molecule has 0 N–H and O–H groups in total. The second kappa shape index (κ2) is 4.47. The van der Waals surface area contributed by atoms with E-state index in [0.29, 0.717) is 5.92 Å². The van der Waals surface area contributed by atoms with Gasteiger partial charge >= 0.3 is 5.97 Å². The Hall–Kier alpha value is -1.31. The minimum absolute atomic E-state index is 0.0543. The van der Waals surface area contributed by atoms with E-state index in [9.17, 15) is 4.79 Å². The van der Waals surface area contributed by atoms with E-state index in [0.717, 1.165) is 6.42 Å². The van der Waals surface area contributed by atoms with E-state index in [2.05, 4.69) is 12.1 Å². The van der Waals surface area contributed by atoms with Gasteiger partial charge in [0.25, 0.3) is 0 Å². The zero-order valence-corrected chi connectivity index (χ0v) is 8.98. The molecule has 1 aromatic carbocycles. The first-order chi connectivity index (χ1) is 7.31. The number of benzene rings is 1. The fourth-order valence-corrected chi connectivity index (χ4v) is 1.96. The second-order valence-corrected chi connectivity index (χ2v) is 4.16. The van der Waals surface area contributed by atoms with Crippen LogP contribution in [-0.2, 0) is 16.0 Å². The Kier molecular flexibility index (Phi) is 3.05. The van der Waals surface area contributed by atoms with Gasteiger partial charge in [0.1, 0.15) is 0 Å². The first-order valence-electron chi connectivity index (χ1n) is 5.43. The number of carbonyl (C=O) groups is 1. The number of carbonyl (C=O) groups excluding carboxylic acids is 1. The van der Waals surface area contributed by atoms with Crippen LogP contribution in [0.1, 0.15) is 18.4 Å². The first kappa shape index (κ1) is 10.2. The number of ether oxygens (including phenoxy) is 1. The number of esters is 1. The molecule has 1 saturated carbocycles. The standard InChI is InChI=1S/C13H16O2/c1-15-13(14)12(11-7-8-11)9-10-5-3-2-4-6-10/h2-6,11-12H,7-9H2,1H3.